The van der Waals surface area contributed by atoms with E-state index in [1.165, 1.54) is 6.92 Å². The molecule has 19 heavy (non-hydrogen) atoms. The molecule has 0 saturated heterocycles. The fourth-order valence-corrected chi connectivity index (χ4v) is 1.72. The molecular weight excluding hydrogens is 287 g/mol. The molecule has 0 fully saturated rings. The molecule has 106 valence electrons. The second-order valence-corrected chi connectivity index (χ2v) is 4.19. The van der Waals surface area contributed by atoms with Crippen LogP contribution in [0.4, 0.5) is 27.6 Å². The molecule has 8 heteroatoms. The quantitative estimate of drug-likeness (QED) is 0.684. The Morgan fingerprint density at radius 2 is 1.84 bits per heavy atom. The van der Waals surface area contributed by atoms with E-state index >= 15 is 0 Å². The van der Waals surface area contributed by atoms with E-state index in [9.17, 15) is 22.0 Å². The summed E-state index contributed by atoms with van der Waals surface area (Å²) in [5.74, 6) is -2.73. The van der Waals surface area contributed by atoms with Crippen LogP contribution in [-0.4, -0.2) is 24.3 Å². The van der Waals surface area contributed by atoms with Gasteiger partial charge in [0.05, 0.1) is 5.69 Å². The molecule has 0 aliphatic rings. The highest BCUT2D eigenvalue weighted by Crippen LogP contribution is 2.27. The molecule has 0 spiro atoms. The van der Waals surface area contributed by atoms with E-state index in [0.717, 1.165) is 12.1 Å². The number of nitrogens with two attached hydrogens (primary N) is 1. The summed E-state index contributed by atoms with van der Waals surface area (Å²) in [6, 6.07) is 2.09. The van der Waals surface area contributed by atoms with Crippen molar-refractivity contribution in [2.75, 3.05) is 18.0 Å². The number of alkyl halides is 3. The third-order valence-electron chi connectivity index (χ3n) is 2.42. The van der Waals surface area contributed by atoms with E-state index in [0.29, 0.717) is 4.90 Å². The van der Waals surface area contributed by atoms with Crippen LogP contribution in [-0.2, 0) is 0 Å². The molecule has 0 atom stereocenters. The van der Waals surface area contributed by atoms with Crippen LogP contribution >= 0.6 is 12.2 Å². The van der Waals surface area contributed by atoms with Crippen LogP contribution in [0.5, 0.6) is 0 Å². The Morgan fingerprint density at radius 1 is 1.26 bits per heavy atom. The Kier molecular flexibility index (Phi) is 4.67. The Labute approximate surface area is 112 Å². The molecule has 0 aliphatic heterocycles. The molecule has 0 aliphatic carbocycles. The summed E-state index contributed by atoms with van der Waals surface area (Å²) < 4.78 is 64.3. The van der Waals surface area contributed by atoms with Crippen molar-refractivity contribution in [2.24, 2.45) is 5.73 Å². The first kappa shape index (κ1) is 15.6. The van der Waals surface area contributed by atoms with Gasteiger partial charge in [-0.1, -0.05) is 12.2 Å². The van der Waals surface area contributed by atoms with E-state index < -0.39 is 30.0 Å². The standard InChI is InChI=1S/C11H11F5N2S/c1-2-18(5-11(14,15)16)7-4-3-6(10(17)19)8(12)9(7)13/h3-4H,2,5H2,1H3,(H2,17,19). The smallest absolute Gasteiger partial charge is 0.389 e. The van der Waals surface area contributed by atoms with Crippen molar-refractivity contribution >= 4 is 22.9 Å². The van der Waals surface area contributed by atoms with Crippen LogP contribution in [0.2, 0.25) is 0 Å². The lowest BCUT2D eigenvalue weighted by molar-refractivity contribution is -0.119. The van der Waals surface area contributed by atoms with Gasteiger partial charge in [0.2, 0.25) is 0 Å². The number of hydrogen-bond acceptors (Lipinski definition) is 2. The molecule has 0 heterocycles. The zero-order valence-electron chi connectivity index (χ0n) is 9.89. The molecule has 0 radical (unpaired) electrons. The Balaban J connectivity index is 3.20. The first-order valence-electron chi connectivity index (χ1n) is 5.27. The lowest BCUT2D eigenvalue weighted by Crippen LogP contribution is -2.35. The minimum atomic E-state index is -4.51. The first-order valence-corrected chi connectivity index (χ1v) is 5.67. The maximum Gasteiger partial charge on any atom is 0.405 e. The second kappa shape index (κ2) is 5.68. The van der Waals surface area contributed by atoms with Crippen molar-refractivity contribution in [3.63, 3.8) is 0 Å². The van der Waals surface area contributed by atoms with Crippen LogP contribution in [0.3, 0.4) is 0 Å². The number of rotatable bonds is 4. The monoisotopic (exact) mass is 298 g/mol. The molecule has 0 bridgehead atoms. The summed E-state index contributed by atoms with van der Waals surface area (Å²) >= 11 is 4.51. The predicted molar refractivity (Wildman–Crippen MR) is 66.2 cm³/mol. The average molecular weight is 298 g/mol. The van der Waals surface area contributed by atoms with E-state index in [4.69, 9.17) is 5.73 Å². The predicted octanol–water partition coefficient (Wildman–Crippen LogP) is 2.99. The highest BCUT2D eigenvalue weighted by atomic mass is 32.1. The van der Waals surface area contributed by atoms with Crippen LogP contribution in [0.15, 0.2) is 12.1 Å². The molecule has 0 unspecified atom stereocenters. The number of benzene rings is 1. The van der Waals surface area contributed by atoms with E-state index in [2.05, 4.69) is 12.2 Å². The molecule has 1 aromatic carbocycles. The summed E-state index contributed by atoms with van der Waals surface area (Å²) in [5, 5.41) is 0. The van der Waals surface area contributed by atoms with Crippen LogP contribution in [0.1, 0.15) is 12.5 Å². The number of nitrogens with zero attached hydrogens (tertiary/aromatic N) is 1. The molecule has 2 N–H and O–H groups in total. The maximum atomic E-state index is 13.7. The zero-order chi connectivity index (χ0) is 14.8. The third-order valence-corrected chi connectivity index (χ3v) is 2.64. The molecule has 1 aromatic rings. The fraction of sp³-hybridized carbons (Fsp3) is 0.364. The van der Waals surface area contributed by atoms with Gasteiger partial charge in [-0.3, -0.25) is 0 Å². The minimum Gasteiger partial charge on any atom is -0.389 e. The SMILES string of the molecule is CCN(CC(F)(F)F)c1ccc(C(N)=S)c(F)c1F. The molecule has 0 amide bonds. The van der Waals surface area contributed by atoms with Crippen LogP contribution in [0, 0.1) is 11.6 Å². The van der Waals surface area contributed by atoms with Crippen LogP contribution in [0.25, 0.3) is 0 Å². The topological polar surface area (TPSA) is 29.3 Å². The lowest BCUT2D eigenvalue weighted by Gasteiger charge is -2.25. The van der Waals surface area contributed by atoms with Crippen molar-refractivity contribution in [3.05, 3.63) is 29.3 Å². The minimum absolute atomic E-state index is 0.123. The maximum absolute atomic E-state index is 13.7. The van der Waals surface area contributed by atoms with E-state index in [-0.39, 0.29) is 17.1 Å². The summed E-state index contributed by atoms with van der Waals surface area (Å²) in [6.07, 6.45) is -4.51. The molecule has 0 aromatic heterocycles. The largest absolute Gasteiger partial charge is 0.405 e. The first-order chi connectivity index (χ1) is 8.67. The van der Waals surface area contributed by atoms with Crippen molar-refractivity contribution < 1.29 is 22.0 Å². The van der Waals surface area contributed by atoms with Gasteiger partial charge in [-0.2, -0.15) is 13.2 Å². The van der Waals surface area contributed by atoms with Gasteiger partial charge in [-0.05, 0) is 19.1 Å². The number of anilines is 1. The summed E-state index contributed by atoms with van der Waals surface area (Å²) in [7, 11) is 0. The van der Waals surface area contributed by atoms with E-state index in [1.807, 2.05) is 0 Å². The van der Waals surface area contributed by atoms with Gasteiger partial charge < -0.3 is 10.6 Å². The lowest BCUT2D eigenvalue weighted by atomic mass is 10.1. The van der Waals surface area contributed by atoms with E-state index in [1.54, 1.807) is 0 Å². The van der Waals surface area contributed by atoms with Gasteiger partial charge in [-0.15, -0.1) is 0 Å². The Hall–Kier alpha value is -1.44. The van der Waals surface area contributed by atoms with Crippen molar-refractivity contribution in [3.8, 4) is 0 Å². The van der Waals surface area contributed by atoms with Crippen molar-refractivity contribution in [1.29, 1.82) is 0 Å². The Morgan fingerprint density at radius 3 is 2.26 bits per heavy atom. The molecular formula is C11H11F5N2S. The highest BCUT2D eigenvalue weighted by molar-refractivity contribution is 7.80. The highest BCUT2D eigenvalue weighted by Gasteiger charge is 2.32. The van der Waals surface area contributed by atoms with Gasteiger partial charge >= 0.3 is 6.18 Å². The van der Waals surface area contributed by atoms with Gasteiger partial charge in [0, 0.05) is 12.1 Å². The summed E-state index contributed by atoms with van der Waals surface area (Å²) in [6.45, 7) is -0.0842. The number of hydrogen-bond donors (Lipinski definition) is 1. The number of thiocarbonyl (C=S) groups is 1. The summed E-state index contributed by atoms with van der Waals surface area (Å²) in [5.41, 5.74) is 4.37. The Bertz CT molecular complexity index is 487. The number of halogens is 5. The van der Waals surface area contributed by atoms with Gasteiger partial charge in [0.1, 0.15) is 11.5 Å². The molecule has 0 saturated carbocycles. The molecule has 2 nitrogen and oxygen atoms in total. The van der Waals surface area contributed by atoms with Crippen molar-refractivity contribution in [1.82, 2.24) is 0 Å². The second-order valence-electron chi connectivity index (χ2n) is 3.75. The van der Waals surface area contributed by atoms with Gasteiger partial charge in [-0.25, -0.2) is 8.78 Å². The summed E-state index contributed by atoms with van der Waals surface area (Å²) in [4.78, 5) is 0.323. The van der Waals surface area contributed by atoms with Gasteiger partial charge in [0.25, 0.3) is 0 Å². The molecule has 1 rings (SSSR count). The normalized spacial score (nSPS) is 11.5. The third kappa shape index (κ3) is 3.76. The van der Waals surface area contributed by atoms with Gasteiger partial charge in [0.15, 0.2) is 11.6 Å². The van der Waals surface area contributed by atoms with Crippen molar-refractivity contribution in [2.45, 2.75) is 13.1 Å². The zero-order valence-corrected chi connectivity index (χ0v) is 10.7. The van der Waals surface area contributed by atoms with Crippen LogP contribution < -0.4 is 10.6 Å². The average Bonchev–Trinajstić information content (AvgIpc) is 2.28. The fourth-order valence-electron chi connectivity index (χ4n) is 1.56.